The number of aliphatic hydroxyl groups excluding tert-OH is 1. The first-order chi connectivity index (χ1) is 9.19. The van der Waals surface area contributed by atoms with E-state index in [-0.39, 0.29) is 11.8 Å². The van der Waals surface area contributed by atoms with Crippen LogP contribution in [-0.2, 0) is 4.74 Å². The highest BCUT2D eigenvalue weighted by atomic mass is 16.5. The van der Waals surface area contributed by atoms with E-state index in [1.807, 2.05) is 0 Å². The molecule has 0 radical (unpaired) electrons. The Labute approximate surface area is 111 Å². The quantitative estimate of drug-likeness (QED) is 0.794. The number of piperidine rings is 1. The van der Waals surface area contributed by atoms with Gasteiger partial charge in [0, 0.05) is 12.1 Å². The first kappa shape index (κ1) is 12.3. The number of nitrogens with zero attached hydrogens (tertiary/aromatic N) is 3. The number of carbonyl (C=O) groups is 1. The van der Waals surface area contributed by atoms with Crippen LogP contribution in [0.25, 0.3) is 0 Å². The Bertz CT molecular complexity index is 463. The predicted molar refractivity (Wildman–Crippen MR) is 67.9 cm³/mol. The van der Waals surface area contributed by atoms with Gasteiger partial charge in [0.15, 0.2) is 5.69 Å². The molecule has 3 rings (SSSR count). The van der Waals surface area contributed by atoms with Gasteiger partial charge >= 0.3 is 5.97 Å². The molecule has 102 valence electrons. The van der Waals surface area contributed by atoms with Gasteiger partial charge in [-0.25, -0.2) is 14.8 Å². The molecular weight excluding hydrogens is 246 g/mol. The lowest BCUT2D eigenvalue weighted by Crippen LogP contribution is -2.45. The zero-order valence-electron chi connectivity index (χ0n) is 10.8. The highest BCUT2D eigenvalue weighted by Crippen LogP contribution is 2.38. The van der Waals surface area contributed by atoms with Crippen LogP contribution in [0.1, 0.15) is 36.2 Å². The Morgan fingerprint density at radius 2 is 2.00 bits per heavy atom. The number of aromatic nitrogens is 2. The van der Waals surface area contributed by atoms with E-state index in [4.69, 9.17) is 0 Å². The van der Waals surface area contributed by atoms with Crippen LogP contribution >= 0.6 is 0 Å². The molecule has 0 aromatic carbocycles. The number of esters is 1. The van der Waals surface area contributed by atoms with Crippen LogP contribution in [0, 0.1) is 0 Å². The highest BCUT2D eigenvalue weighted by molar-refractivity contribution is 5.86. The lowest BCUT2D eigenvalue weighted by molar-refractivity contribution is 0.0593. The van der Waals surface area contributed by atoms with Gasteiger partial charge in [0.1, 0.15) is 5.82 Å². The molecule has 0 aliphatic carbocycles. The fourth-order valence-electron chi connectivity index (χ4n) is 3.19. The van der Waals surface area contributed by atoms with E-state index in [0.717, 1.165) is 31.5 Å². The molecule has 0 amide bonds. The predicted octanol–water partition coefficient (Wildman–Crippen LogP) is 0.755. The third-order valence-electron chi connectivity index (χ3n) is 4.01. The van der Waals surface area contributed by atoms with Crippen molar-refractivity contribution in [1.29, 1.82) is 0 Å². The monoisotopic (exact) mass is 263 g/mol. The number of ether oxygens (including phenoxy) is 1. The number of hydrogen-bond donors (Lipinski definition) is 1. The van der Waals surface area contributed by atoms with Crippen LogP contribution in [0.4, 0.5) is 5.82 Å². The number of rotatable bonds is 2. The number of carbonyl (C=O) groups excluding carboxylic acids is 1. The van der Waals surface area contributed by atoms with Crippen LogP contribution in [-0.4, -0.2) is 46.3 Å². The average molecular weight is 263 g/mol. The molecule has 0 spiro atoms. The maximum absolute atomic E-state index is 11.3. The average Bonchev–Trinajstić information content (AvgIpc) is 2.70. The van der Waals surface area contributed by atoms with E-state index in [1.54, 1.807) is 6.20 Å². The molecule has 0 saturated carbocycles. The van der Waals surface area contributed by atoms with Crippen LogP contribution in [0.15, 0.2) is 12.4 Å². The molecule has 2 bridgehead atoms. The van der Waals surface area contributed by atoms with Gasteiger partial charge in [-0.15, -0.1) is 0 Å². The Balaban J connectivity index is 1.81. The molecule has 2 aliphatic rings. The largest absolute Gasteiger partial charge is 0.464 e. The van der Waals surface area contributed by atoms with E-state index in [1.165, 1.54) is 13.3 Å². The molecule has 1 N–H and O–H groups in total. The third-order valence-corrected chi connectivity index (χ3v) is 4.01. The minimum absolute atomic E-state index is 0.198. The number of fused-ring (bicyclic) bond motifs is 2. The summed E-state index contributed by atoms with van der Waals surface area (Å²) in [5.74, 6) is 0.308. The van der Waals surface area contributed by atoms with Crippen LogP contribution in [0.2, 0.25) is 0 Å². The minimum atomic E-state index is -0.476. The van der Waals surface area contributed by atoms with Crippen molar-refractivity contribution in [2.45, 2.75) is 43.9 Å². The van der Waals surface area contributed by atoms with E-state index in [9.17, 15) is 9.90 Å². The van der Waals surface area contributed by atoms with Crippen molar-refractivity contribution in [3.05, 3.63) is 18.1 Å². The first-order valence-electron chi connectivity index (χ1n) is 6.56. The third kappa shape index (κ3) is 2.16. The Kier molecular flexibility index (Phi) is 3.10. The lowest BCUT2D eigenvalue weighted by atomic mass is 10.0. The van der Waals surface area contributed by atoms with E-state index in [2.05, 4.69) is 19.6 Å². The van der Waals surface area contributed by atoms with Crippen molar-refractivity contribution >= 4 is 11.8 Å². The molecule has 3 heterocycles. The molecule has 2 unspecified atom stereocenters. The molecular formula is C13H17N3O3. The van der Waals surface area contributed by atoms with Gasteiger partial charge in [-0.3, -0.25) is 0 Å². The second kappa shape index (κ2) is 4.77. The molecule has 2 atom stereocenters. The second-order valence-corrected chi connectivity index (χ2v) is 5.17. The van der Waals surface area contributed by atoms with Crippen molar-refractivity contribution < 1.29 is 14.6 Å². The van der Waals surface area contributed by atoms with Crippen molar-refractivity contribution in [3.63, 3.8) is 0 Å². The van der Waals surface area contributed by atoms with Crippen molar-refractivity contribution in [3.8, 4) is 0 Å². The molecule has 2 fully saturated rings. The highest BCUT2D eigenvalue weighted by Gasteiger charge is 2.40. The molecule has 6 nitrogen and oxygen atoms in total. The summed E-state index contributed by atoms with van der Waals surface area (Å²) in [6.45, 7) is 0. The van der Waals surface area contributed by atoms with Crippen molar-refractivity contribution in [2.75, 3.05) is 12.0 Å². The van der Waals surface area contributed by atoms with Gasteiger partial charge in [0.2, 0.25) is 0 Å². The van der Waals surface area contributed by atoms with Crippen LogP contribution in [0.3, 0.4) is 0 Å². The van der Waals surface area contributed by atoms with Crippen LogP contribution in [0.5, 0.6) is 0 Å². The topological polar surface area (TPSA) is 75.5 Å². The van der Waals surface area contributed by atoms with Gasteiger partial charge in [0.25, 0.3) is 0 Å². The summed E-state index contributed by atoms with van der Waals surface area (Å²) < 4.78 is 4.60. The maximum Gasteiger partial charge on any atom is 0.358 e. The molecule has 6 heteroatoms. The van der Waals surface area contributed by atoms with Crippen LogP contribution < -0.4 is 4.90 Å². The lowest BCUT2D eigenvalue weighted by Gasteiger charge is -2.37. The summed E-state index contributed by atoms with van der Waals surface area (Å²) in [5.41, 5.74) is 0.218. The van der Waals surface area contributed by atoms with Crippen molar-refractivity contribution in [2.24, 2.45) is 0 Å². The number of hydrogen-bond acceptors (Lipinski definition) is 6. The number of methoxy groups -OCH3 is 1. The zero-order valence-corrected chi connectivity index (χ0v) is 10.8. The van der Waals surface area contributed by atoms with Crippen molar-refractivity contribution in [1.82, 2.24) is 9.97 Å². The molecule has 2 aliphatic heterocycles. The summed E-state index contributed by atoms with van der Waals surface area (Å²) in [6.07, 6.45) is 6.62. The Morgan fingerprint density at radius 1 is 1.32 bits per heavy atom. The second-order valence-electron chi connectivity index (χ2n) is 5.17. The molecule has 19 heavy (non-hydrogen) atoms. The number of aliphatic hydroxyl groups is 1. The summed E-state index contributed by atoms with van der Waals surface area (Å²) >= 11 is 0. The van der Waals surface area contributed by atoms with Gasteiger partial charge < -0.3 is 14.7 Å². The fraction of sp³-hybridized carbons (Fsp3) is 0.615. The number of anilines is 1. The summed E-state index contributed by atoms with van der Waals surface area (Å²) in [5, 5.41) is 9.78. The summed E-state index contributed by atoms with van der Waals surface area (Å²) in [4.78, 5) is 22.0. The zero-order chi connectivity index (χ0) is 13.4. The molecule has 2 saturated heterocycles. The maximum atomic E-state index is 11.3. The SMILES string of the molecule is COC(=O)c1cnc(N2C3CCC2CC(O)C3)cn1. The van der Waals surface area contributed by atoms with Gasteiger partial charge in [-0.05, 0) is 25.7 Å². The van der Waals surface area contributed by atoms with Gasteiger partial charge in [-0.1, -0.05) is 0 Å². The minimum Gasteiger partial charge on any atom is -0.464 e. The van der Waals surface area contributed by atoms with Gasteiger partial charge in [-0.2, -0.15) is 0 Å². The fourth-order valence-corrected chi connectivity index (χ4v) is 3.19. The normalized spacial score (nSPS) is 29.4. The smallest absolute Gasteiger partial charge is 0.358 e. The van der Waals surface area contributed by atoms with E-state index in [0.29, 0.717) is 12.1 Å². The van der Waals surface area contributed by atoms with E-state index < -0.39 is 5.97 Å². The van der Waals surface area contributed by atoms with E-state index >= 15 is 0 Å². The summed E-state index contributed by atoms with van der Waals surface area (Å²) in [6, 6.07) is 0.680. The summed E-state index contributed by atoms with van der Waals surface area (Å²) in [7, 11) is 1.32. The molecule has 1 aromatic rings. The standard InChI is InChI=1S/C13H17N3O3/c1-19-13(18)11-6-15-12(7-14-11)16-8-2-3-9(16)5-10(17)4-8/h6-10,17H,2-5H2,1H3. The van der Waals surface area contributed by atoms with Gasteiger partial charge in [0.05, 0.1) is 25.6 Å². The Morgan fingerprint density at radius 3 is 2.53 bits per heavy atom. The Hall–Kier alpha value is -1.69. The molecule has 1 aromatic heterocycles. The first-order valence-corrected chi connectivity index (χ1v) is 6.56.